The second-order valence-electron chi connectivity index (χ2n) is 7.61. The Hall–Kier alpha value is -1.02. The molecule has 1 saturated carbocycles. The monoisotopic (exact) mass is 286 g/mol. The summed E-state index contributed by atoms with van der Waals surface area (Å²) < 4.78 is 0. The van der Waals surface area contributed by atoms with E-state index in [0.717, 1.165) is 6.54 Å². The van der Waals surface area contributed by atoms with Gasteiger partial charge in [-0.2, -0.15) is 0 Å². The van der Waals surface area contributed by atoms with Crippen molar-refractivity contribution in [3.63, 3.8) is 0 Å². The van der Waals surface area contributed by atoms with E-state index in [-0.39, 0.29) is 0 Å². The Morgan fingerprint density at radius 2 is 1.95 bits per heavy atom. The van der Waals surface area contributed by atoms with Crippen molar-refractivity contribution in [2.75, 3.05) is 18.4 Å². The van der Waals surface area contributed by atoms with E-state index in [0.29, 0.717) is 11.5 Å². The molecule has 1 unspecified atom stereocenters. The van der Waals surface area contributed by atoms with Crippen LogP contribution in [0.15, 0.2) is 24.3 Å². The first-order valence-electron chi connectivity index (χ1n) is 8.71. The van der Waals surface area contributed by atoms with Crippen molar-refractivity contribution in [1.82, 2.24) is 4.90 Å². The second kappa shape index (κ2) is 6.39. The molecule has 1 atom stereocenters. The molecule has 2 heteroatoms. The minimum Gasteiger partial charge on any atom is -0.382 e. The van der Waals surface area contributed by atoms with Gasteiger partial charge in [0.2, 0.25) is 0 Å². The van der Waals surface area contributed by atoms with Crippen LogP contribution in [0.25, 0.3) is 0 Å². The minimum absolute atomic E-state index is 0.420. The fraction of sp³-hybridized carbons (Fsp3) is 0.684. The highest BCUT2D eigenvalue weighted by Gasteiger charge is 2.31. The zero-order valence-electron chi connectivity index (χ0n) is 13.7. The number of nitrogens with one attached hydrogen (secondary N) is 1. The Labute approximate surface area is 129 Å². The summed E-state index contributed by atoms with van der Waals surface area (Å²) >= 11 is 0. The summed E-state index contributed by atoms with van der Waals surface area (Å²) in [5.74, 6) is 0. The highest BCUT2D eigenvalue weighted by atomic mass is 15.1. The second-order valence-corrected chi connectivity index (χ2v) is 7.61. The molecule has 2 nitrogen and oxygen atoms in total. The number of likely N-dealkylation sites (tertiary alicyclic amines) is 1. The van der Waals surface area contributed by atoms with Gasteiger partial charge in [-0.25, -0.2) is 0 Å². The van der Waals surface area contributed by atoms with E-state index in [1.807, 2.05) is 0 Å². The Bertz CT molecular complexity index is 460. The number of hydrogen-bond donors (Lipinski definition) is 1. The number of anilines is 1. The highest BCUT2D eigenvalue weighted by Crippen LogP contribution is 2.37. The third-order valence-corrected chi connectivity index (χ3v) is 5.38. The van der Waals surface area contributed by atoms with Crippen molar-refractivity contribution in [3.05, 3.63) is 29.8 Å². The Morgan fingerprint density at radius 1 is 1.14 bits per heavy atom. The summed E-state index contributed by atoms with van der Waals surface area (Å²) in [6, 6.07) is 9.70. The van der Waals surface area contributed by atoms with E-state index >= 15 is 0 Å². The first-order valence-corrected chi connectivity index (χ1v) is 8.71. The molecule has 0 amide bonds. The summed E-state index contributed by atoms with van der Waals surface area (Å²) in [7, 11) is 0. The van der Waals surface area contributed by atoms with E-state index < -0.39 is 0 Å². The van der Waals surface area contributed by atoms with Gasteiger partial charge in [-0.15, -0.1) is 0 Å². The van der Waals surface area contributed by atoms with Crippen LogP contribution in [-0.2, 0) is 6.54 Å². The summed E-state index contributed by atoms with van der Waals surface area (Å²) in [6.45, 7) is 8.49. The maximum atomic E-state index is 3.82. The van der Waals surface area contributed by atoms with Crippen molar-refractivity contribution in [2.45, 2.75) is 65.0 Å². The van der Waals surface area contributed by atoms with Gasteiger partial charge in [-0.05, 0) is 61.9 Å². The summed E-state index contributed by atoms with van der Waals surface area (Å²) in [6.07, 6.45) is 8.15. The molecule has 21 heavy (non-hydrogen) atoms. The molecule has 3 rings (SSSR count). The zero-order chi connectivity index (χ0) is 14.7. The quantitative estimate of drug-likeness (QED) is 0.865. The third-order valence-electron chi connectivity index (χ3n) is 5.38. The van der Waals surface area contributed by atoms with Crippen LogP contribution in [0.4, 0.5) is 5.69 Å². The van der Waals surface area contributed by atoms with Crippen LogP contribution in [0.2, 0.25) is 0 Å². The van der Waals surface area contributed by atoms with Gasteiger partial charge in [0, 0.05) is 18.3 Å². The highest BCUT2D eigenvalue weighted by molar-refractivity contribution is 5.47. The Kier molecular flexibility index (Phi) is 4.54. The van der Waals surface area contributed by atoms with E-state index in [1.165, 1.54) is 62.9 Å². The van der Waals surface area contributed by atoms with Crippen LogP contribution < -0.4 is 5.32 Å². The smallest absolute Gasteiger partial charge is 0.0345 e. The lowest BCUT2D eigenvalue weighted by atomic mass is 9.73. The Balaban J connectivity index is 1.65. The van der Waals surface area contributed by atoms with Crippen molar-refractivity contribution >= 4 is 5.69 Å². The summed E-state index contributed by atoms with van der Waals surface area (Å²) in [4.78, 5) is 2.57. The van der Waals surface area contributed by atoms with Gasteiger partial charge in [0.05, 0.1) is 0 Å². The summed E-state index contributed by atoms with van der Waals surface area (Å²) in [5.41, 5.74) is 3.19. The van der Waals surface area contributed by atoms with Crippen LogP contribution in [0, 0.1) is 5.41 Å². The van der Waals surface area contributed by atoms with Crippen molar-refractivity contribution in [2.24, 2.45) is 5.41 Å². The normalized spacial score (nSPS) is 25.9. The molecule has 0 bridgehead atoms. The maximum Gasteiger partial charge on any atom is 0.0345 e. The van der Waals surface area contributed by atoms with Gasteiger partial charge < -0.3 is 5.32 Å². The Morgan fingerprint density at radius 3 is 2.71 bits per heavy atom. The molecular weight excluding hydrogens is 256 g/mol. The van der Waals surface area contributed by atoms with Crippen LogP contribution in [-0.4, -0.2) is 24.0 Å². The standard InChI is InChI=1S/C19H30N2/c1-19(2)11-4-3-10-18(19)20-17-9-7-8-16(14-17)15-21-12-5-6-13-21/h7-9,14,18,20H,3-6,10-13,15H2,1-2H3. The molecule has 1 aromatic carbocycles. The zero-order valence-corrected chi connectivity index (χ0v) is 13.7. The van der Waals surface area contributed by atoms with Gasteiger partial charge in [-0.1, -0.05) is 38.8 Å². The lowest BCUT2D eigenvalue weighted by Crippen LogP contribution is -2.38. The van der Waals surface area contributed by atoms with Gasteiger partial charge in [0.15, 0.2) is 0 Å². The van der Waals surface area contributed by atoms with E-state index in [2.05, 4.69) is 48.3 Å². The van der Waals surface area contributed by atoms with Crippen LogP contribution in [0.1, 0.15) is 57.9 Å². The molecule has 1 aliphatic heterocycles. The van der Waals surface area contributed by atoms with Gasteiger partial charge >= 0.3 is 0 Å². The topological polar surface area (TPSA) is 15.3 Å². The molecule has 0 spiro atoms. The van der Waals surface area contributed by atoms with Crippen LogP contribution >= 0.6 is 0 Å². The number of nitrogens with zero attached hydrogens (tertiary/aromatic N) is 1. The van der Waals surface area contributed by atoms with E-state index in [4.69, 9.17) is 0 Å². The van der Waals surface area contributed by atoms with Crippen LogP contribution in [0.5, 0.6) is 0 Å². The largest absolute Gasteiger partial charge is 0.382 e. The first kappa shape index (κ1) is 14.9. The van der Waals surface area contributed by atoms with Crippen molar-refractivity contribution < 1.29 is 0 Å². The van der Waals surface area contributed by atoms with E-state index in [1.54, 1.807) is 0 Å². The third kappa shape index (κ3) is 3.79. The summed E-state index contributed by atoms with van der Waals surface area (Å²) in [5, 5.41) is 3.82. The van der Waals surface area contributed by atoms with E-state index in [9.17, 15) is 0 Å². The lowest BCUT2D eigenvalue weighted by molar-refractivity contribution is 0.217. The predicted octanol–water partition coefficient (Wildman–Crippen LogP) is 4.66. The fourth-order valence-corrected chi connectivity index (χ4v) is 3.92. The lowest BCUT2D eigenvalue weighted by Gasteiger charge is -2.39. The number of rotatable bonds is 4. The van der Waals surface area contributed by atoms with Crippen molar-refractivity contribution in [1.29, 1.82) is 0 Å². The SMILES string of the molecule is CC1(C)CCCCC1Nc1cccc(CN2CCCC2)c1. The minimum atomic E-state index is 0.420. The molecular formula is C19H30N2. The molecule has 1 aliphatic carbocycles. The fourth-order valence-electron chi connectivity index (χ4n) is 3.92. The molecule has 0 radical (unpaired) electrons. The molecule has 116 valence electrons. The van der Waals surface area contributed by atoms with Crippen LogP contribution in [0.3, 0.4) is 0 Å². The first-order chi connectivity index (χ1) is 10.1. The molecule has 1 aromatic rings. The molecule has 2 fully saturated rings. The van der Waals surface area contributed by atoms with Gasteiger partial charge in [-0.3, -0.25) is 4.90 Å². The van der Waals surface area contributed by atoms with Gasteiger partial charge in [0.1, 0.15) is 0 Å². The maximum absolute atomic E-state index is 3.82. The van der Waals surface area contributed by atoms with Gasteiger partial charge in [0.25, 0.3) is 0 Å². The van der Waals surface area contributed by atoms with Crippen molar-refractivity contribution in [3.8, 4) is 0 Å². The molecule has 2 aliphatic rings. The number of benzene rings is 1. The molecule has 1 heterocycles. The number of hydrogen-bond acceptors (Lipinski definition) is 2. The average molecular weight is 286 g/mol. The molecule has 1 saturated heterocycles. The molecule has 0 aromatic heterocycles. The molecule has 1 N–H and O–H groups in total. The predicted molar refractivity (Wildman–Crippen MR) is 90.6 cm³/mol. The average Bonchev–Trinajstić information content (AvgIpc) is 2.94.